The summed E-state index contributed by atoms with van der Waals surface area (Å²) in [6.07, 6.45) is 0. The van der Waals surface area contributed by atoms with Crippen LogP contribution < -0.4 is 15.0 Å². The van der Waals surface area contributed by atoms with Crippen LogP contribution >= 0.6 is 0 Å². The molecule has 0 saturated carbocycles. The smallest absolute Gasteiger partial charge is 0.142 e. The van der Waals surface area contributed by atoms with E-state index >= 15 is 0 Å². The predicted molar refractivity (Wildman–Crippen MR) is 75.6 cm³/mol. The highest BCUT2D eigenvalue weighted by Crippen LogP contribution is 2.29. The average Bonchev–Trinajstić information content (AvgIpc) is 2.41. The molecule has 0 spiro atoms. The topological polar surface area (TPSA) is 27.7 Å². The van der Waals surface area contributed by atoms with Crippen molar-refractivity contribution in [3.05, 3.63) is 24.3 Å². The van der Waals surface area contributed by atoms with E-state index in [0.29, 0.717) is 6.04 Å². The van der Waals surface area contributed by atoms with Crippen LogP contribution in [0.1, 0.15) is 0 Å². The van der Waals surface area contributed by atoms with E-state index in [1.54, 1.807) is 7.11 Å². The van der Waals surface area contributed by atoms with Crippen molar-refractivity contribution in [3.63, 3.8) is 0 Å². The quantitative estimate of drug-likeness (QED) is 0.863. The van der Waals surface area contributed by atoms with Crippen molar-refractivity contribution in [1.29, 1.82) is 0 Å². The fraction of sp³-hybridized carbons (Fsp3) is 0.571. The molecule has 0 radical (unpaired) electrons. The second-order valence-electron chi connectivity index (χ2n) is 4.81. The van der Waals surface area contributed by atoms with Gasteiger partial charge in [0.25, 0.3) is 0 Å². The Hall–Kier alpha value is -1.26. The van der Waals surface area contributed by atoms with Crippen molar-refractivity contribution in [2.45, 2.75) is 6.04 Å². The molecule has 1 heterocycles. The molecular weight excluding hydrogens is 226 g/mol. The standard InChI is InChI=1S/C14H23N3O/c1-15-10-12-11-17(9-8-16(12)2)13-6-4-5-7-14(13)18-3/h4-7,12,15H,8-11H2,1-3H3. The summed E-state index contributed by atoms with van der Waals surface area (Å²) in [5, 5.41) is 3.27. The Morgan fingerprint density at radius 3 is 2.83 bits per heavy atom. The predicted octanol–water partition coefficient (Wildman–Crippen LogP) is 1.03. The molecule has 2 rings (SSSR count). The normalized spacial score (nSPS) is 21.1. The molecule has 4 heteroatoms. The van der Waals surface area contributed by atoms with E-state index in [0.717, 1.165) is 31.9 Å². The molecule has 100 valence electrons. The maximum Gasteiger partial charge on any atom is 0.142 e. The van der Waals surface area contributed by atoms with E-state index < -0.39 is 0 Å². The van der Waals surface area contributed by atoms with Crippen LogP contribution in [0.4, 0.5) is 5.69 Å². The number of likely N-dealkylation sites (N-methyl/N-ethyl adjacent to an activating group) is 2. The highest BCUT2D eigenvalue weighted by Gasteiger charge is 2.25. The number of methoxy groups -OCH3 is 1. The molecule has 18 heavy (non-hydrogen) atoms. The first-order chi connectivity index (χ1) is 8.76. The largest absolute Gasteiger partial charge is 0.495 e. The number of piperazine rings is 1. The third-order valence-corrected chi connectivity index (χ3v) is 3.64. The van der Waals surface area contributed by atoms with E-state index in [1.165, 1.54) is 5.69 Å². The van der Waals surface area contributed by atoms with E-state index in [-0.39, 0.29) is 0 Å². The lowest BCUT2D eigenvalue weighted by atomic mass is 10.1. The lowest BCUT2D eigenvalue weighted by Crippen LogP contribution is -2.54. The van der Waals surface area contributed by atoms with Crippen LogP contribution in [0.5, 0.6) is 5.75 Å². The number of hydrogen-bond donors (Lipinski definition) is 1. The van der Waals surface area contributed by atoms with Crippen molar-refractivity contribution in [2.75, 3.05) is 52.3 Å². The fourth-order valence-corrected chi connectivity index (χ4v) is 2.51. The van der Waals surface area contributed by atoms with Gasteiger partial charge in [-0.15, -0.1) is 0 Å². The van der Waals surface area contributed by atoms with Crippen LogP contribution in [-0.2, 0) is 0 Å². The molecule has 1 unspecified atom stereocenters. The molecule has 0 aromatic heterocycles. The second-order valence-corrected chi connectivity index (χ2v) is 4.81. The van der Waals surface area contributed by atoms with Gasteiger partial charge in [-0.25, -0.2) is 0 Å². The van der Waals surface area contributed by atoms with E-state index in [2.05, 4.69) is 34.3 Å². The first-order valence-electron chi connectivity index (χ1n) is 6.49. The van der Waals surface area contributed by atoms with Crippen molar-refractivity contribution in [2.24, 2.45) is 0 Å². The van der Waals surface area contributed by atoms with Crippen molar-refractivity contribution in [3.8, 4) is 5.75 Å². The first-order valence-corrected chi connectivity index (χ1v) is 6.49. The zero-order chi connectivity index (χ0) is 13.0. The van der Waals surface area contributed by atoms with Crippen molar-refractivity contribution >= 4 is 5.69 Å². The molecule has 0 amide bonds. The second kappa shape index (κ2) is 6.07. The van der Waals surface area contributed by atoms with E-state index in [9.17, 15) is 0 Å². The molecule has 4 nitrogen and oxygen atoms in total. The third kappa shape index (κ3) is 2.76. The van der Waals surface area contributed by atoms with Crippen LogP contribution in [-0.4, -0.2) is 58.3 Å². The Labute approximate surface area is 110 Å². The van der Waals surface area contributed by atoms with Gasteiger partial charge in [-0.3, -0.25) is 4.90 Å². The van der Waals surface area contributed by atoms with Gasteiger partial charge in [0, 0.05) is 32.2 Å². The van der Waals surface area contributed by atoms with Gasteiger partial charge in [0.15, 0.2) is 0 Å². The molecule has 1 aliphatic rings. The van der Waals surface area contributed by atoms with Gasteiger partial charge in [-0.05, 0) is 26.2 Å². The van der Waals surface area contributed by atoms with Gasteiger partial charge in [-0.1, -0.05) is 12.1 Å². The summed E-state index contributed by atoms with van der Waals surface area (Å²) in [4.78, 5) is 4.84. The highest BCUT2D eigenvalue weighted by molar-refractivity contribution is 5.58. The number of benzene rings is 1. The summed E-state index contributed by atoms with van der Waals surface area (Å²) in [5.74, 6) is 0.963. The monoisotopic (exact) mass is 249 g/mol. The highest BCUT2D eigenvalue weighted by atomic mass is 16.5. The lowest BCUT2D eigenvalue weighted by Gasteiger charge is -2.41. The van der Waals surface area contributed by atoms with Gasteiger partial charge in [0.2, 0.25) is 0 Å². The van der Waals surface area contributed by atoms with Gasteiger partial charge in [0.1, 0.15) is 5.75 Å². The Morgan fingerprint density at radius 2 is 2.11 bits per heavy atom. The number of nitrogens with one attached hydrogen (secondary N) is 1. The number of para-hydroxylation sites is 2. The van der Waals surface area contributed by atoms with Crippen LogP contribution in [0.3, 0.4) is 0 Å². The van der Waals surface area contributed by atoms with E-state index in [4.69, 9.17) is 4.74 Å². The molecule has 1 aromatic carbocycles. The minimum absolute atomic E-state index is 0.550. The van der Waals surface area contributed by atoms with Gasteiger partial charge in [-0.2, -0.15) is 0 Å². The van der Waals surface area contributed by atoms with Gasteiger partial charge >= 0.3 is 0 Å². The lowest BCUT2D eigenvalue weighted by molar-refractivity contribution is 0.215. The van der Waals surface area contributed by atoms with Crippen LogP contribution in [0.25, 0.3) is 0 Å². The first kappa shape index (κ1) is 13.2. The summed E-state index contributed by atoms with van der Waals surface area (Å²) in [6.45, 7) is 4.20. The zero-order valence-electron chi connectivity index (χ0n) is 11.5. The zero-order valence-corrected chi connectivity index (χ0v) is 11.5. The SMILES string of the molecule is CNCC1CN(c2ccccc2OC)CCN1C. The molecule has 1 saturated heterocycles. The molecule has 1 atom stereocenters. The maximum atomic E-state index is 5.45. The van der Waals surface area contributed by atoms with Crippen LogP contribution in [0.15, 0.2) is 24.3 Å². The average molecular weight is 249 g/mol. The number of rotatable bonds is 4. The summed E-state index contributed by atoms with van der Waals surface area (Å²) >= 11 is 0. The third-order valence-electron chi connectivity index (χ3n) is 3.64. The van der Waals surface area contributed by atoms with Crippen LogP contribution in [0, 0.1) is 0 Å². The molecule has 1 N–H and O–H groups in total. The molecule has 1 fully saturated rings. The molecular formula is C14H23N3O. The van der Waals surface area contributed by atoms with Gasteiger partial charge < -0.3 is 15.0 Å². The summed E-state index contributed by atoms with van der Waals surface area (Å²) in [7, 11) is 5.94. The minimum atomic E-state index is 0.550. The molecule has 0 aliphatic carbocycles. The number of nitrogens with zero attached hydrogens (tertiary/aromatic N) is 2. The van der Waals surface area contributed by atoms with Crippen LogP contribution in [0.2, 0.25) is 0 Å². The maximum absolute atomic E-state index is 5.45. The fourth-order valence-electron chi connectivity index (χ4n) is 2.51. The minimum Gasteiger partial charge on any atom is -0.495 e. The summed E-state index contributed by atoms with van der Waals surface area (Å²) < 4.78 is 5.45. The number of ether oxygens (including phenoxy) is 1. The Morgan fingerprint density at radius 1 is 1.33 bits per heavy atom. The molecule has 1 aliphatic heterocycles. The Kier molecular flexibility index (Phi) is 4.44. The van der Waals surface area contributed by atoms with Crippen molar-refractivity contribution in [1.82, 2.24) is 10.2 Å². The molecule has 1 aromatic rings. The Balaban J connectivity index is 2.13. The van der Waals surface area contributed by atoms with Crippen molar-refractivity contribution < 1.29 is 4.74 Å². The van der Waals surface area contributed by atoms with Gasteiger partial charge in [0.05, 0.1) is 12.8 Å². The number of anilines is 1. The number of hydrogen-bond acceptors (Lipinski definition) is 4. The molecule has 0 bridgehead atoms. The summed E-state index contributed by atoms with van der Waals surface area (Å²) in [5.41, 5.74) is 1.20. The van der Waals surface area contributed by atoms with E-state index in [1.807, 2.05) is 19.2 Å². The summed E-state index contributed by atoms with van der Waals surface area (Å²) in [6, 6.07) is 8.81. The Bertz CT molecular complexity index is 383.